The summed E-state index contributed by atoms with van der Waals surface area (Å²) in [7, 11) is 1.56. The number of carbonyl (C=O) groups is 2. The SMILES string of the molecule is COc1cc2c(Oc3ccc(NC(=O)[C@]4(C=O)C[C@H]4C)cc3F)ccnc2cc1OCCCN1CCOCC1. The van der Waals surface area contributed by atoms with Crippen molar-refractivity contribution in [2.45, 2.75) is 19.8 Å². The molecule has 1 saturated carbocycles. The van der Waals surface area contributed by atoms with E-state index in [2.05, 4.69) is 15.2 Å². The third-order valence-electron chi connectivity index (χ3n) is 7.37. The summed E-state index contributed by atoms with van der Waals surface area (Å²) in [5.41, 5.74) is -0.160. The standard InChI is InChI=1S/C29H32FN3O6/c1-19-17-29(19,18-34)28(35)32-20-4-5-25(22(30)14-20)39-24-6-7-31-23-16-27(26(36-2)15-21(23)24)38-11-3-8-33-9-12-37-13-10-33/h4-7,14-16,18-19H,3,8-13,17H2,1-2H3,(H,32,35)/t19-,29+/m1/s1. The second-order valence-corrected chi connectivity index (χ2v) is 9.95. The lowest BCUT2D eigenvalue weighted by molar-refractivity contribution is -0.127. The summed E-state index contributed by atoms with van der Waals surface area (Å²) in [6.45, 7) is 6.69. The number of aromatic nitrogens is 1. The Morgan fingerprint density at radius 1 is 1.18 bits per heavy atom. The summed E-state index contributed by atoms with van der Waals surface area (Å²) in [6, 6.07) is 9.33. The minimum absolute atomic E-state index is 0.0206. The molecule has 0 spiro atoms. The molecule has 1 N–H and O–H groups in total. The number of methoxy groups -OCH3 is 1. The number of hydrogen-bond donors (Lipinski definition) is 1. The molecule has 0 radical (unpaired) electrons. The van der Waals surface area contributed by atoms with Gasteiger partial charge in [0.25, 0.3) is 0 Å². The Bertz CT molecular complexity index is 1360. The largest absolute Gasteiger partial charge is 0.493 e. The second-order valence-electron chi connectivity index (χ2n) is 9.95. The van der Waals surface area contributed by atoms with E-state index in [1.54, 1.807) is 31.5 Å². The molecule has 10 heteroatoms. The van der Waals surface area contributed by atoms with Crippen molar-refractivity contribution >= 4 is 28.8 Å². The monoisotopic (exact) mass is 537 g/mol. The van der Waals surface area contributed by atoms with E-state index in [0.29, 0.717) is 47.5 Å². The smallest absolute Gasteiger partial charge is 0.238 e. The summed E-state index contributed by atoms with van der Waals surface area (Å²) in [4.78, 5) is 30.6. The van der Waals surface area contributed by atoms with Gasteiger partial charge in [0.2, 0.25) is 5.91 Å². The van der Waals surface area contributed by atoms with E-state index in [0.717, 1.165) is 39.3 Å². The predicted molar refractivity (Wildman–Crippen MR) is 143 cm³/mol. The van der Waals surface area contributed by atoms with Crippen LogP contribution in [-0.4, -0.2) is 68.6 Å². The van der Waals surface area contributed by atoms with E-state index in [9.17, 15) is 14.0 Å². The van der Waals surface area contributed by atoms with Crippen LogP contribution in [0.4, 0.5) is 10.1 Å². The van der Waals surface area contributed by atoms with Gasteiger partial charge in [-0.2, -0.15) is 0 Å². The number of pyridine rings is 1. The van der Waals surface area contributed by atoms with E-state index in [-0.39, 0.29) is 17.4 Å². The van der Waals surface area contributed by atoms with E-state index in [1.807, 2.05) is 6.92 Å². The number of fused-ring (bicyclic) bond motifs is 1. The summed E-state index contributed by atoms with van der Waals surface area (Å²) in [5.74, 6) is 0.343. The van der Waals surface area contributed by atoms with Crippen LogP contribution in [0.25, 0.3) is 10.9 Å². The molecule has 2 aromatic carbocycles. The molecule has 3 aromatic rings. The van der Waals surface area contributed by atoms with Crippen LogP contribution in [0.1, 0.15) is 19.8 Å². The van der Waals surface area contributed by atoms with Crippen molar-refractivity contribution in [3.8, 4) is 23.0 Å². The highest BCUT2D eigenvalue weighted by molar-refractivity contribution is 6.07. The number of ether oxygens (including phenoxy) is 4. The number of anilines is 1. The maximum Gasteiger partial charge on any atom is 0.238 e. The topological polar surface area (TPSA) is 99.2 Å². The van der Waals surface area contributed by atoms with E-state index < -0.39 is 17.1 Å². The molecule has 9 nitrogen and oxygen atoms in total. The van der Waals surface area contributed by atoms with Crippen LogP contribution >= 0.6 is 0 Å². The molecule has 39 heavy (non-hydrogen) atoms. The number of benzene rings is 2. The van der Waals surface area contributed by atoms with Crippen LogP contribution in [0.15, 0.2) is 42.6 Å². The van der Waals surface area contributed by atoms with Gasteiger partial charge in [-0.1, -0.05) is 6.92 Å². The van der Waals surface area contributed by atoms with Crippen LogP contribution < -0.4 is 19.5 Å². The first-order valence-electron chi connectivity index (χ1n) is 13.1. The molecular weight excluding hydrogens is 505 g/mol. The van der Waals surface area contributed by atoms with Gasteiger partial charge in [0.05, 0.1) is 32.4 Å². The van der Waals surface area contributed by atoms with Gasteiger partial charge in [-0.15, -0.1) is 0 Å². The lowest BCUT2D eigenvalue weighted by Gasteiger charge is -2.26. The molecule has 2 fully saturated rings. The number of carbonyl (C=O) groups excluding carboxylic acids is 2. The number of amides is 1. The van der Waals surface area contributed by atoms with Crippen molar-refractivity contribution in [2.75, 3.05) is 51.9 Å². The first-order chi connectivity index (χ1) is 18.9. The van der Waals surface area contributed by atoms with Gasteiger partial charge in [-0.05, 0) is 43.0 Å². The summed E-state index contributed by atoms with van der Waals surface area (Å²) in [5, 5.41) is 3.26. The highest BCUT2D eigenvalue weighted by Gasteiger charge is 2.57. The zero-order chi connectivity index (χ0) is 27.4. The molecule has 1 aliphatic heterocycles. The number of nitrogens with zero attached hydrogens (tertiary/aromatic N) is 2. The third kappa shape index (κ3) is 5.81. The number of nitrogens with one attached hydrogen (secondary N) is 1. The van der Waals surface area contributed by atoms with Gasteiger partial charge in [0, 0.05) is 49.0 Å². The number of morpholine rings is 1. The van der Waals surface area contributed by atoms with Crippen molar-refractivity contribution in [3.63, 3.8) is 0 Å². The van der Waals surface area contributed by atoms with Crippen molar-refractivity contribution in [3.05, 3.63) is 48.4 Å². The average molecular weight is 538 g/mol. The lowest BCUT2D eigenvalue weighted by Crippen LogP contribution is -2.37. The van der Waals surface area contributed by atoms with Crippen molar-refractivity contribution in [1.82, 2.24) is 9.88 Å². The quantitative estimate of drug-likeness (QED) is 0.218. The van der Waals surface area contributed by atoms with E-state index in [1.165, 1.54) is 18.2 Å². The van der Waals surface area contributed by atoms with Crippen LogP contribution in [0.5, 0.6) is 23.0 Å². The van der Waals surface area contributed by atoms with Gasteiger partial charge in [0.1, 0.15) is 17.5 Å². The molecule has 2 heterocycles. The summed E-state index contributed by atoms with van der Waals surface area (Å²) >= 11 is 0. The van der Waals surface area contributed by atoms with Crippen molar-refractivity contribution in [1.29, 1.82) is 0 Å². The van der Waals surface area contributed by atoms with Gasteiger partial charge in [-0.25, -0.2) is 4.39 Å². The molecule has 0 bridgehead atoms. The highest BCUT2D eigenvalue weighted by Crippen LogP contribution is 2.51. The minimum Gasteiger partial charge on any atom is -0.493 e. The molecule has 2 aliphatic rings. The molecule has 1 saturated heterocycles. The van der Waals surface area contributed by atoms with E-state index >= 15 is 0 Å². The van der Waals surface area contributed by atoms with Gasteiger partial charge in [0.15, 0.2) is 23.1 Å². The van der Waals surface area contributed by atoms with E-state index in [4.69, 9.17) is 18.9 Å². The van der Waals surface area contributed by atoms with Crippen LogP contribution in [0, 0.1) is 17.2 Å². The third-order valence-corrected chi connectivity index (χ3v) is 7.37. The molecule has 1 aliphatic carbocycles. The zero-order valence-electron chi connectivity index (χ0n) is 22.1. The van der Waals surface area contributed by atoms with Crippen LogP contribution in [0.3, 0.4) is 0 Å². The predicted octanol–water partition coefficient (Wildman–Crippen LogP) is 4.44. The Morgan fingerprint density at radius 2 is 1.97 bits per heavy atom. The zero-order valence-corrected chi connectivity index (χ0v) is 22.1. The number of aldehydes is 1. The highest BCUT2D eigenvalue weighted by atomic mass is 19.1. The fraction of sp³-hybridized carbons (Fsp3) is 0.414. The first-order valence-corrected chi connectivity index (χ1v) is 13.1. The molecule has 5 rings (SSSR count). The fourth-order valence-electron chi connectivity index (χ4n) is 4.79. The normalized spacial score (nSPS) is 20.8. The summed E-state index contributed by atoms with van der Waals surface area (Å²) < 4.78 is 37.8. The Morgan fingerprint density at radius 3 is 2.67 bits per heavy atom. The molecule has 1 amide bonds. The fourth-order valence-corrected chi connectivity index (χ4v) is 4.79. The van der Waals surface area contributed by atoms with Crippen molar-refractivity contribution < 1.29 is 32.9 Å². The maximum atomic E-state index is 15.0. The average Bonchev–Trinajstić information content (AvgIpc) is 3.64. The maximum absolute atomic E-state index is 15.0. The van der Waals surface area contributed by atoms with Crippen molar-refractivity contribution in [2.24, 2.45) is 11.3 Å². The Balaban J connectivity index is 1.27. The minimum atomic E-state index is -1.02. The molecule has 2 atom stereocenters. The number of rotatable bonds is 11. The van der Waals surface area contributed by atoms with Crippen LogP contribution in [0.2, 0.25) is 0 Å². The lowest BCUT2D eigenvalue weighted by atomic mass is 10.1. The summed E-state index contributed by atoms with van der Waals surface area (Å²) in [6.07, 6.45) is 3.61. The van der Waals surface area contributed by atoms with Gasteiger partial charge >= 0.3 is 0 Å². The van der Waals surface area contributed by atoms with Gasteiger partial charge < -0.3 is 29.1 Å². The molecular formula is C29H32FN3O6. The molecule has 1 aromatic heterocycles. The molecule has 0 unspecified atom stereocenters. The Hall–Kier alpha value is -3.76. The Labute approximate surface area is 226 Å². The van der Waals surface area contributed by atoms with Crippen LogP contribution in [-0.2, 0) is 14.3 Å². The number of halogens is 1. The molecule has 206 valence electrons. The number of hydrogen-bond acceptors (Lipinski definition) is 8. The first kappa shape index (κ1) is 26.8. The van der Waals surface area contributed by atoms with Gasteiger partial charge in [-0.3, -0.25) is 14.7 Å². The Kier molecular flexibility index (Phi) is 7.94. The second kappa shape index (κ2) is 11.5.